The Kier molecular flexibility index (Phi) is 4.64. The van der Waals surface area contributed by atoms with E-state index in [2.05, 4.69) is 10.3 Å². The topological polar surface area (TPSA) is 92.1 Å². The quantitative estimate of drug-likeness (QED) is 0.876. The van der Waals surface area contributed by atoms with Crippen molar-refractivity contribution >= 4 is 28.9 Å². The molecule has 0 fully saturated rings. The van der Waals surface area contributed by atoms with E-state index in [0.717, 1.165) is 11.3 Å². The maximum absolute atomic E-state index is 12.0. The average Bonchev–Trinajstić information content (AvgIpc) is 2.98. The minimum Gasteiger partial charge on any atom is -0.461 e. The van der Waals surface area contributed by atoms with E-state index < -0.39 is 11.9 Å². The Bertz CT molecular complexity index is 718. The molecule has 21 heavy (non-hydrogen) atoms. The Hall–Kier alpha value is -2.72. The molecule has 1 heterocycles. The van der Waals surface area contributed by atoms with Crippen LogP contribution in [0.3, 0.4) is 0 Å². The van der Waals surface area contributed by atoms with Gasteiger partial charge in [0.05, 0.1) is 17.9 Å². The number of nitrogens with one attached hydrogen (secondary N) is 1. The highest BCUT2D eigenvalue weighted by Crippen LogP contribution is 2.16. The monoisotopic (exact) mass is 301 g/mol. The predicted octanol–water partition coefficient (Wildman–Crippen LogP) is 2.44. The second-order valence-corrected chi connectivity index (χ2v) is 4.73. The number of aromatic nitrogens is 1. The summed E-state index contributed by atoms with van der Waals surface area (Å²) < 4.78 is 4.81. The van der Waals surface area contributed by atoms with Crippen molar-refractivity contribution in [3.05, 3.63) is 45.9 Å². The summed E-state index contributed by atoms with van der Waals surface area (Å²) in [4.78, 5) is 27.5. The van der Waals surface area contributed by atoms with Gasteiger partial charge in [-0.1, -0.05) is 12.1 Å². The highest BCUT2D eigenvalue weighted by Gasteiger charge is 2.17. The maximum Gasteiger partial charge on any atom is 0.367 e. The van der Waals surface area contributed by atoms with E-state index in [0.29, 0.717) is 11.3 Å². The van der Waals surface area contributed by atoms with Crippen LogP contribution in [0.2, 0.25) is 0 Å². The SMILES string of the molecule is CCOC(=O)c1nc(C(=O)Nc2ccccc2C#N)cs1. The number of carbonyl (C=O) groups is 2. The Morgan fingerprint density at radius 3 is 2.90 bits per heavy atom. The fourth-order valence-corrected chi connectivity index (χ4v) is 2.23. The molecule has 7 heteroatoms. The first-order valence-electron chi connectivity index (χ1n) is 6.08. The number of esters is 1. The van der Waals surface area contributed by atoms with Crippen molar-refractivity contribution in [2.24, 2.45) is 0 Å². The highest BCUT2D eigenvalue weighted by atomic mass is 32.1. The van der Waals surface area contributed by atoms with Gasteiger partial charge in [0.2, 0.25) is 5.01 Å². The number of nitrogens with zero attached hydrogens (tertiary/aromatic N) is 2. The number of nitriles is 1. The minimum absolute atomic E-state index is 0.107. The van der Waals surface area contributed by atoms with Gasteiger partial charge in [-0.2, -0.15) is 5.26 Å². The molecule has 0 aliphatic carbocycles. The van der Waals surface area contributed by atoms with E-state index in [1.165, 1.54) is 5.38 Å². The Balaban J connectivity index is 2.14. The molecule has 106 valence electrons. The maximum atomic E-state index is 12.0. The van der Waals surface area contributed by atoms with Crippen LogP contribution in [0.25, 0.3) is 0 Å². The summed E-state index contributed by atoms with van der Waals surface area (Å²) in [6, 6.07) is 8.62. The molecule has 0 unspecified atom stereocenters. The van der Waals surface area contributed by atoms with Crippen molar-refractivity contribution in [3.63, 3.8) is 0 Å². The third-order valence-electron chi connectivity index (χ3n) is 2.48. The number of hydrogen-bond donors (Lipinski definition) is 1. The first-order chi connectivity index (χ1) is 10.2. The van der Waals surface area contributed by atoms with Gasteiger partial charge >= 0.3 is 5.97 Å². The third-order valence-corrected chi connectivity index (χ3v) is 3.30. The molecule has 0 atom stereocenters. The molecule has 0 bridgehead atoms. The predicted molar refractivity (Wildman–Crippen MR) is 77.2 cm³/mol. The molecular formula is C14H11N3O3S. The Morgan fingerprint density at radius 1 is 1.43 bits per heavy atom. The van der Waals surface area contributed by atoms with Crippen LogP contribution in [-0.2, 0) is 4.74 Å². The van der Waals surface area contributed by atoms with Crippen molar-refractivity contribution in [1.29, 1.82) is 5.26 Å². The smallest absolute Gasteiger partial charge is 0.367 e. The average molecular weight is 301 g/mol. The van der Waals surface area contributed by atoms with Crippen LogP contribution in [-0.4, -0.2) is 23.5 Å². The summed E-state index contributed by atoms with van der Waals surface area (Å²) in [6.07, 6.45) is 0. The number of hydrogen-bond acceptors (Lipinski definition) is 6. The fourth-order valence-electron chi connectivity index (χ4n) is 1.54. The molecule has 6 nitrogen and oxygen atoms in total. The second-order valence-electron chi connectivity index (χ2n) is 3.87. The summed E-state index contributed by atoms with van der Waals surface area (Å²) in [5.41, 5.74) is 0.859. The number of ether oxygens (including phenoxy) is 1. The molecule has 1 aromatic carbocycles. The molecular weight excluding hydrogens is 290 g/mol. The van der Waals surface area contributed by atoms with Crippen LogP contribution in [0, 0.1) is 11.3 Å². The minimum atomic E-state index is -0.557. The van der Waals surface area contributed by atoms with E-state index in [9.17, 15) is 9.59 Å². The Labute approximate surface area is 125 Å². The van der Waals surface area contributed by atoms with Gasteiger partial charge in [-0.3, -0.25) is 4.79 Å². The van der Waals surface area contributed by atoms with Crippen LogP contribution >= 0.6 is 11.3 Å². The van der Waals surface area contributed by atoms with Gasteiger partial charge in [0.15, 0.2) is 0 Å². The van der Waals surface area contributed by atoms with Gasteiger partial charge in [-0.15, -0.1) is 11.3 Å². The zero-order valence-electron chi connectivity index (χ0n) is 11.1. The Morgan fingerprint density at radius 2 is 2.19 bits per heavy atom. The highest BCUT2D eigenvalue weighted by molar-refractivity contribution is 7.11. The number of rotatable bonds is 4. The number of anilines is 1. The second kappa shape index (κ2) is 6.63. The molecule has 0 radical (unpaired) electrons. The van der Waals surface area contributed by atoms with Gasteiger partial charge in [0, 0.05) is 5.38 Å². The number of benzene rings is 1. The number of amides is 1. The van der Waals surface area contributed by atoms with Crippen LogP contribution in [0.4, 0.5) is 5.69 Å². The van der Waals surface area contributed by atoms with Crippen LogP contribution in [0.1, 0.15) is 32.8 Å². The molecule has 1 aromatic heterocycles. The first-order valence-corrected chi connectivity index (χ1v) is 6.96. The molecule has 0 spiro atoms. The summed E-state index contributed by atoms with van der Waals surface area (Å²) in [5, 5.41) is 13.1. The molecule has 0 saturated carbocycles. The van der Waals surface area contributed by atoms with Crippen molar-refractivity contribution in [1.82, 2.24) is 4.98 Å². The van der Waals surface area contributed by atoms with Gasteiger partial charge in [-0.25, -0.2) is 9.78 Å². The van der Waals surface area contributed by atoms with Gasteiger partial charge in [0.1, 0.15) is 11.8 Å². The normalized spacial score (nSPS) is 9.71. The lowest BCUT2D eigenvalue weighted by atomic mass is 10.2. The zero-order chi connectivity index (χ0) is 15.2. The molecule has 0 aliphatic heterocycles. The third kappa shape index (κ3) is 3.43. The lowest BCUT2D eigenvalue weighted by Gasteiger charge is -2.04. The van der Waals surface area contributed by atoms with E-state index in [-0.39, 0.29) is 17.3 Å². The zero-order valence-corrected chi connectivity index (χ0v) is 11.9. The van der Waals surface area contributed by atoms with E-state index in [4.69, 9.17) is 10.00 Å². The number of carbonyl (C=O) groups excluding carboxylic acids is 2. The molecule has 1 amide bonds. The first kappa shape index (κ1) is 14.7. The number of para-hydroxylation sites is 1. The van der Waals surface area contributed by atoms with Gasteiger partial charge in [0.25, 0.3) is 5.91 Å². The van der Waals surface area contributed by atoms with E-state index in [1.807, 2.05) is 6.07 Å². The summed E-state index contributed by atoms with van der Waals surface area (Å²) in [7, 11) is 0. The van der Waals surface area contributed by atoms with Crippen molar-refractivity contribution in [2.45, 2.75) is 6.92 Å². The summed E-state index contributed by atoms with van der Waals surface area (Å²) in [5.74, 6) is -1.04. The van der Waals surface area contributed by atoms with Crippen molar-refractivity contribution in [3.8, 4) is 6.07 Å². The molecule has 2 rings (SSSR count). The number of thiazole rings is 1. The molecule has 0 saturated heterocycles. The van der Waals surface area contributed by atoms with Crippen LogP contribution in [0.5, 0.6) is 0 Å². The summed E-state index contributed by atoms with van der Waals surface area (Å²) >= 11 is 1.03. The van der Waals surface area contributed by atoms with Crippen molar-refractivity contribution < 1.29 is 14.3 Å². The fraction of sp³-hybridized carbons (Fsp3) is 0.143. The standard InChI is InChI=1S/C14H11N3O3S/c1-2-20-14(19)13-17-11(8-21-13)12(18)16-10-6-4-3-5-9(10)7-15/h3-6,8H,2H2,1H3,(H,16,18). The molecule has 0 aliphatic rings. The van der Waals surface area contributed by atoms with E-state index in [1.54, 1.807) is 31.2 Å². The van der Waals surface area contributed by atoms with Crippen LogP contribution in [0.15, 0.2) is 29.6 Å². The molecule has 1 N–H and O–H groups in total. The van der Waals surface area contributed by atoms with E-state index >= 15 is 0 Å². The lowest BCUT2D eigenvalue weighted by Crippen LogP contribution is -2.14. The van der Waals surface area contributed by atoms with Crippen molar-refractivity contribution in [2.75, 3.05) is 11.9 Å². The largest absolute Gasteiger partial charge is 0.461 e. The lowest BCUT2D eigenvalue weighted by molar-refractivity contribution is 0.0526. The van der Waals surface area contributed by atoms with Crippen LogP contribution < -0.4 is 5.32 Å². The molecule has 2 aromatic rings. The van der Waals surface area contributed by atoms with Gasteiger partial charge in [-0.05, 0) is 19.1 Å². The summed E-state index contributed by atoms with van der Waals surface area (Å²) in [6.45, 7) is 1.94. The van der Waals surface area contributed by atoms with Gasteiger partial charge < -0.3 is 10.1 Å².